The number of nitrogen functional groups attached to an aromatic ring is 2. The second-order valence-electron chi connectivity index (χ2n) is 7.23. The van der Waals surface area contributed by atoms with E-state index >= 15 is 0 Å². The molecule has 7 nitrogen and oxygen atoms in total. The molecule has 0 amide bonds. The van der Waals surface area contributed by atoms with Crippen LogP contribution < -0.4 is 16.2 Å². The van der Waals surface area contributed by atoms with Crippen LogP contribution in [0.4, 0.5) is 15.9 Å². The van der Waals surface area contributed by atoms with Crippen LogP contribution in [0.1, 0.15) is 24.2 Å². The minimum absolute atomic E-state index is 0.160. The molecule has 1 unspecified atom stereocenters. The van der Waals surface area contributed by atoms with Gasteiger partial charge in [0.05, 0.1) is 11.9 Å². The largest absolute Gasteiger partial charge is 0.467 e. The first-order chi connectivity index (χ1) is 14.5. The number of hydrogen-bond donors (Lipinski definition) is 2. The number of anilines is 2. The van der Waals surface area contributed by atoms with Crippen LogP contribution in [0.5, 0.6) is 5.88 Å². The van der Waals surface area contributed by atoms with Gasteiger partial charge < -0.3 is 20.8 Å². The molecule has 5 rings (SSSR count). The van der Waals surface area contributed by atoms with Crippen molar-refractivity contribution < 1.29 is 9.13 Å². The molecule has 3 heterocycles. The van der Waals surface area contributed by atoms with E-state index in [9.17, 15) is 4.39 Å². The van der Waals surface area contributed by atoms with Gasteiger partial charge in [0.1, 0.15) is 17.7 Å². The SMILES string of the molecule is CC1Oc2nc(cnc2N)-c2cc(N)ccc2Cn2ccnc2-c2ccc(F)cc21. The zero-order valence-electron chi connectivity index (χ0n) is 16.2. The molecule has 2 aromatic heterocycles. The Balaban J connectivity index is 1.80. The second kappa shape index (κ2) is 6.84. The van der Waals surface area contributed by atoms with E-state index in [-0.39, 0.29) is 17.5 Å². The molecule has 1 aliphatic rings. The van der Waals surface area contributed by atoms with Gasteiger partial charge in [-0.1, -0.05) is 6.07 Å². The molecule has 0 radical (unpaired) electrons. The molecule has 0 fully saturated rings. The predicted octanol–water partition coefficient (Wildman–Crippen LogP) is 3.81. The van der Waals surface area contributed by atoms with Crippen LogP contribution in [0.25, 0.3) is 22.6 Å². The number of hydrogen-bond acceptors (Lipinski definition) is 6. The first-order valence-corrected chi connectivity index (χ1v) is 9.48. The van der Waals surface area contributed by atoms with Crippen LogP contribution in [-0.2, 0) is 6.54 Å². The van der Waals surface area contributed by atoms with Crippen LogP contribution in [-0.4, -0.2) is 19.5 Å². The Morgan fingerprint density at radius 2 is 1.97 bits per heavy atom. The molecule has 150 valence electrons. The fourth-order valence-electron chi connectivity index (χ4n) is 3.74. The lowest BCUT2D eigenvalue weighted by Crippen LogP contribution is -2.12. The van der Waals surface area contributed by atoms with Crippen molar-refractivity contribution in [2.24, 2.45) is 0 Å². The van der Waals surface area contributed by atoms with E-state index in [2.05, 4.69) is 15.0 Å². The summed E-state index contributed by atoms with van der Waals surface area (Å²) in [5.74, 6) is 0.703. The fourth-order valence-corrected chi connectivity index (χ4v) is 3.74. The second-order valence-corrected chi connectivity index (χ2v) is 7.23. The highest BCUT2D eigenvalue weighted by Crippen LogP contribution is 2.35. The summed E-state index contributed by atoms with van der Waals surface area (Å²) >= 11 is 0. The Labute approximate surface area is 172 Å². The summed E-state index contributed by atoms with van der Waals surface area (Å²) in [6.07, 6.45) is 4.68. The maximum Gasteiger partial charge on any atom is 0.258 e. The minimum Gasteiger partial charge on any atom is -0.467 e. The van der Waals surface area contributed by atoms with Crippen LogP contribution >= 0.6 is 0 Å². The van der Waals surface area contributed by atoms with Gasteiger partial charge >= 0.3 is 0 Å². The summed E-state index contributed by atoms with van der Waals surface area (Å²) in [6.45, 7) is 2.34. The fraction of sp³-hybridized carbons (Fsp3) is 0.136. The molecule has 0 aliphatic carbocycles. The Morgan fingerprint density at radius 1 is 1.10 bits per heavy atom. The highest BCUT2D eigenvalue weighted by molar-refractivity contribution is 5.70. The molecule has 1 atom stereocenters. The Bertz CT molecular complexity index is 1270. The normalized spacial score (nSPS) is 15.1. The third-order valence-electron chi connectivity index (χ3n) is 5.21. The zero-order valence-corrected chi connectivity index (χ0v) is 16.2. The highest BCUT2D eigenvalue weighted by Gasteiger charge is 2.22. The molecule has 2 bridgehead atoms. The summed E-state index contributed by atoms with van der Waals surface area (Å²) in [6, 6.07) is 10.2. The number of ether oxygens (including phenoxy) is 1. The number of benzene rings is 2. The smallest absolute Gasteiger partial charge is 0.258 e. The molecule has 0 saturated carbocycles. The average Bonchev–Trinajstić information content (AvgIpc) is 3.18. The first kappa shape index (κ1) is 18.1. The molecule has 0 saturated heterocycles. The van der Waals surface area contributed by atoms with Crippen molar-refractivity contribution in [1.82, 2.24) is 19.5 Å². The van der Waals surface area contributed by atoms with E-state index in [1.807, 2.05) is 35.9 Å². The molecular weight excluding hydrogens is 383 g/mol. The number of fused-ring (bicyclic) bond motifs is 7. The van der Waals surface area contributed by atoms with Gasteiger partial charge in [-0.05, 0) is 42.8 Å². The van der Waals surface area contributed by atoms with Crippen molar-refractivity contribution in [3.8, 4) is 28.5 Å². The van der Waals surface area contributed by atoms with Gasteiger partial charge in [-0.3, -0.25) is 0 Å². The molecule has 8 heteroatoms. The van der Waals surface area contributed by atoms with E-state index < -0.39 is 6.10 Å². The van der Waals surface area contributed by atoms with Crippen molar-refractivity contribution >= 4 is 11.5 Å². The molecule has 1 aliphatic heterocycles. The quantitative estimate of drug-likeness (QED) is 0.433. The van der Waals surface area contributed by atoms with Gasteiger partial charge in [-0.2, -0.15) is 0 Å². The number of imidazole rings is 1. The summed E-state index contributed by atoms with van der Waals surface area (Å²) < 4.78 is 22.2. The van der Waals surface area contributed by atoms with Crippen LogP contribution in [0.15, 0.2) is 55.0 Å². The molecule has 0 spiro atoms. The van der Waals surface area contributed by atoms with E-state index in [0.717, 1.165) is 16.7 Å². The molecule has 4 N–H and O–H groups in total. The lowest BCUT2D eigenvalue weighted by Gasteiger charge is -2.21. The predicted molar refractivity (Wildman–Crippen MR) is 112 cm³/mol. The Morgan fingerprint density at radius 3 is 2.83 bits per heavy atom. The molecule has 30 heavy (non-hydrogen) atoms. The minimum atomic E-state index is -0.535. The van der Waals surface area contributed by atoms with E-state index in [1.165, 1.54) is 12.1 Å². The lowest BCUT2D eigenvalue weighted by molar-refractivity contribution is 0.218. The van der Waals surface area contributed by atoms with Crippen LogP contribution in [0.2, 0.25) is 0 Å². The van der Waals surface area contributed by atoms with E-state index in [0.29, 0.717) is 29.3 Å². The number of nitrogens with zero attached hydrogens (tertiary/aromatic N) is 4. The van der Waals surface area contributed by atoms with Gasteiger partial charge in [0.2, 0.25) is 0 Å². The standard InChI is InChI=1S/C22H19FN6O/c1-12-17-8-14(23)3-5-16(17)21-26-6-7-29(21)11-13-2-4-15(24)9-18(13)19-10-27-20(25)22(28-19)30-12/h2-10,12H,11,24H2,1H3,(H2,25,27). The van der Waals surface area contributed by atoms with Gasteiger partial charge in [0.15, 0.2) is 5.82 Å². The van der Waals surface area contributed by atoms with Crippen molar-refractivity contribution in [2.45, 2.75) is 19.6 Å². The number of halogens is 1. The van der Waals surface area contributed by atoms with Crippen LogP contribution in [0, 0.1) is 5.82 Å². The van der Waals surface area contributed by atoms with Gasteiger partial charge in [0, 0.05) is 41.3 Å². The third kappa shape index (κ3) is 3.02. The molecular formula is C22H19FN6O. The summed E-state index contributed by atoms with van der Waals surface area (Å²) in [7, 11) is 0. The first-order valence-electron chi connectivity index (χ1n) is 9.48. The van der Waals surface area contributed by atoms with Crippen molar-refractivity contribution in [2.75, 3.05) is 11.5 Å². The van der Waals surface area contributed by atoms with Gasteiger partial charge in [0.25, 0.3) is 5.88 Å². The van der Waals surface area contributed by atoms with Crippen molar-refractivity contribution in [3.05, 3.63) is 71.9 Å². The average molecular weight is 402 g/mol. The number of rotatable bonds is 0. The highest BCUT2D eigenvalue weighted by atomic mass is 19.1. The lowest BCUT2D eigenvalue weighted by atomic mass is 10.0. The molecule has 2 aromatic carbocycles. The maximum atomic E-state index is 14.1. The summed E-state index contributed by atoms with van der Waals surface area (Å²) in [4.78, 5) is 13.4. The van der Waals surface area contributed by atoms with Crippen LogP contribution in [0.3, 0.4) is 0 Å². The van der Waals surface area contributed by atoms with Crippen molar-refractivity contribution in [3.63, 3.8) is 0 Å². The topological polar surface area (TPSA) is 105 Å². The Hall–Kier alpha value is -3.94. The van der Waals surface area contributed by atoms with Gasteiger partial charge in [-0.25, -0.2) is 19.3 Å². The Kier molecular flexibility index (Phi) is 4.13. The third-order valence-corrected chi connectivity index (χ3v) is 5.21. The van der Waals surface area contributed by atoms with E-state index in [1.54, 1.807) is 18.5 Å². The molecule has 4 aromatic rings. The maximum absolute atomic E-state index is 14.1. The monoisotopic (exact) mass is 402 g/mol. The number of aromatic nitrogens is 4. The summed E-state index contributed by atoms with van der Waals surface area (Å²) in [5.41, 5.74) is 16.5. The summed E-state index contributed by atoms with van der Waals surface area (Å²) in [5, 5.41) is 0. The van der Waals surface area contributed by atoms with Gasteiger partial charge in [-0.15, -0.1) is 0 Å². The van der Waals surface area contributed by atoms with Crippen molar-refractivity contribution in [1.29, 1.82) is 0 Å². The number of nitrogens with two attached hydrogens (primary N) is 2. The zero-order chi connectivity index (χ0) is 20.8. The van der Waals surface area contributed by atoms with E-state index in [4.69, 9.17) is 16.2 Å².